The van der Waals surface area contributed by atoms with Crippen LogP contribution in [-0.4, -0.2) is 103 Å². The van der Waals surface area contributed by atoms with Crippen LogP contribution < -0.4 is 11.0 Å². The van der Waals surface area contributed by atoms with Gasteiger partial charge in [-0.05, 0) is 12.8 Å². The molecule has 1 aliphatic heterocycles. The highest BCUT2D eigenvalue weighted by Gasteiger charge is 2.18. The molecule has 0 radical (unpaired) electrons. The van der Waals surface area contributed by atoms with Crippen molar-refractivity contribution < 1.29 is 32.1 Å². The predicted molar refractivity (Wildman–Crippen MR) is 122 cm³/mol. The molecule has 202 valence electrons. The summed E-state index contributed by atoms with van der Waals surface area (Å²) in [4.78, 5) is 2.08. The third kappa shape index (κ3) is 10.1. The van der Waals surface area contributed by atoms with Crippen molar-refractivity contribution in [3.8, 4) is 0 Å². The highest BCUT2D eigenvalue weighted by atomic mass is 32.3. The zero-order valence-corrected chi connectivity index (χ0v) is 20.5. The van der Waals surface area contributed by atoms with E-state index in [2.05, 4.69) is 40.7 Å². The van der Waals surface area contributed by atoms with Gasteiger partial charge < -0.3 is 20.4 Å². The van der Waals surface area contributed by atoms with Crippen molar-refractivity contribution in [2.45, 2.75) is 39.2 Å². The fraction of sp³-hybridized carbons (Fsp3) is 0.667. The van der Waals surface area contributed by atoms with E-state index < -0.39 is 10.4 Å². The SMILES string of the molecule is O=S(=O)(O)OCCCCOCn1cc(CN(CC2=CN(CCO)NN2)Cc2cn(CCO)nn2)nn1. The summed E-state index contributed by atoms with van der Waals surface area (Å²) < 4.78 is 42.4. The van der Waals surface area contributed by atoms with E-state index in [0.717, 1.165) is 11.4 Å². The van der Waals surface area contributed by atoms with Gasteiger partial charge in [0.2, 0.25) is 0 Å². The summed E-state index contributed by atoms with van der Waals surface area (Å²) in [5.41, 5.74) is 8.36. The molecule has 0 spiro atoms. The van der Waals surface area contributed by atoms with Crippen LogP contribution in [0.3, 0.4) is 0 Å². The summed E-state index contributed by atoms with van der Waals surface area (Å²) >= 11 is 0. The molecule has 17 nitrogen and oxygen atoms in total. The molecule has 0 bridgehead atoms. The molecule has 0 aliphatic carbocycles. The van der Waals surface area contributed by atoms with Crippen LogP contribution in [0.25, 0.3) is 0 Å². The highest BCUT2D eigenvalue weighted by molar-refractivity contribution is 7.80. The van der Waals surface area contributed by atoms with Gasteiger partial charge in [-0.2, -0.15) is 8.42 Å². The van der Waals surface area contributed by atoms with Gasteiger partial charge in [-0.3, -0.25) is 14.5 Å². The summed E-state index contributed by atoms with van der Waals surface area (Å²) in [5, 5.41) is 36.4. The van der Waals surface area contributed by atoms with Gasteiger partial charge in [0.15, 0.2) is 0 Å². The van der Waals surface area contributed by atoms with E-state index in [-0.39, 0.29) is 26.6 Å². The van der Waals surface area contributed by atoms with Crippen LogP contribution in [0.15, 0.2) is 24.3 Å². The predicted octanol–water partition coefficient (Wildman–Crippen LogP) is -2.40. The molecule has 2 aromatic rings. The maximum Gasteiger partial charge on any atom is 0.397 e. The average Bonchev–Trinajstić information content (AvgIpc) is 3.55. The van der Waals surface area contributed by atoms with E-state index >= 15 is 0 Å². The number of rotatable bonds is 18. The first-order valence-corrected chi connectivity index (χ1v) is 12.6. The van der Waals surface area contributed by atoms with Crippen LogP contribution in [0.2, 0.25) is 0 Å². The Hall–Kier alpha value is -2.71. The number of aliphatic hydroxyl groups is 2. The fourth-order valence-electron chi connectivity index (χ4n) is 3.30. The van der Waals surface area contributed by atoms with Crippen molar-refractivity contribution in [3.63, 3.8) is 0 Å². The second-order valence-corrected chi connectivity index (χ2v) is 8.98. The zero-order valence-electron chi connectivity index (χ0n) is 19.7. The summed E-state index contributed by atoms with van der Waals surface area (Å²) in [7, 11) is -4.41. The molecule has 0 saturated carbocycles. The van der Waals surface area contributed by atoms with Gasteiger partial charge in [0.25, 0.3) is 0 Å². The number of aromatic nitrogens is 6. The lowest BCUT2D eigenvalue weighted by Gasteiger charge is -2.20. The number of hydrogen-bond donors (Lipinski definition) is 5. The number of β-amino-alcohol motifs (C(OH)–C–C–N with tert-alkyl or cyclic N) is 1. The fourth-order valence-corrected chi connectivity index (χ4v) is 3.63. The van der Waals surface area contributed by atoms with Crippen molar-refractivity contribution in [1.82, 2.24) is 50.9 Å². The van der Waals surface area contributed by atoms with Crippen molar-refractivity contribution >= 4 is 10.4 Å². The Morgan fingerprint density at radius 2 is 1.61 bits per heavy atom. The van der Waals surface area contributed by atoms with E-state index in [1.807, 2.05) is 6.20 Å². The van der Waals surface area contributed by atoms with E-state index in [1.165, 1.54) is 0 Å². The Morgan fingerprint density at radius 1 is 0.944 bits per heavy atom. The molecule has 18 heteroatoms. The number of hydrazine groups is 2. The van der Waals surface area contributed by atoms with E-state index in [9.17, 15) is 8.42 Å². The quantitative estimate of drug-likeness (QED) is 0.100. The van der Waals surface area contributed by atoms with Crippen molar-refractivity contribution in [2.24, 2.45) is 0 Å². The van der Waals surface area contributed by atoms with E-state index in [0.29, 0.717) is 57.9 Å². The molecule has 2 aromatic heterocycles. The van der Waals surface area contributed by atoms with Crippen molar-refractivity contribution in [3.05, 3.63) is 35.7 Å². The molecule has 1 aliphatic rings. The molecule has 36 heavy (non-hydrogen) atoms. The third-order valence-corrected chi connectivity index (χ3v) is 5.28. The Bertz CT molecular complexity index is 1060. The summed E-state index contributed by atoms with van der Waals surface area (Å²) in [6.45, 7) is 2.66. The standard InChI is InChI=1S/C18H32N10O7S/c29-5-3-26-12-16(19-22-26)9-25(10-17-13-27(4-6-30)23-20-17)11-18-14-28(24-21-18)15-34-7-1-2-8-35-36(31,32)33/h12-14,19,22,29-30H,1-11,15H2,(H,31,32,33). The largest absolute Gasteiger partial charge is 0.397 e. The molecule has 0 aromatic carbocycles. The second kappa shape index (κ2) is 14.1. The number of aliphatic hydroxyl groups excluding tert-OH is 2. The lowest BCUT2D eigenvalue weighted by Crippen LogP contribution is -2.39. The van der Waals surface area contributed by atoms with Crippen LogP contribution in [-0.2, 0) is 45.7 Å². The molecule has 5 N–H and O–H groups in total. The molecule has 3 heterocycles. The van der Waals surface area contributed by atoms with Gasteiger partial charge in [0, 0.05) is 38.6 Å². The first-order chi connectivity index (χ1) is 17.3. The average molecular weight is 533 g/mol. The lowest BCUT2D eigenvalue weighted by atomic mass is 10.3. The first-order valence-electron chi connectivity index (χ1n) is 11.3. The molecule has 0 atom stereocenters. The Labute approximate surface area is 208 Å². The van der Waals surface area contributed by atoms with Crippen LogP contribution in [0.5, 0.6) is 0 Å². The molecule has 0 saturated heterocycles. The Balaban J connectivity index is 1.51. The number of nitrogens with one attached hydrogen (secondary N) is 2. The Morgan fingerprint density at radius 3 is 2.31 bits per heavy atom. The topological polar surface area (TPSA) is 205 Å². The minimum Gasteiger partial charge on any atom is -0.394 e. The number of unbranched alkanes of at least 4 members (excludes halogenated alkanes) is 1. The highest BCUT2D eigenvalue weighted by Crippen LogP contribution is 2.11. The summed E-state index contributed by atoms with van der Waals surface area (Å²) in [6, 6.07) is 0. The normalized spacial score (nSPS) is 14.0. The molecule has 0 amide bonds. The van der Waals surface area contributed by atoms with Gasteiger partial charge >= 0.3 is 10.4 Å². The minimum absolute atomic E-state index is 0.0136. The molecule has 0 fully saturated rings. The lowest BCUT2D eigenvalue weighted by molar-refractivity contribution is 0.0629. The number of ether oxygens (including phenoxy) is 1. The van der Waals surface area contributed by atoms with Gasteiger partial charge in [-0.1, -0.05) is 10.4 Å². The van der Waals surface area contributed by atoms with Crippen molar-refractivity contribution in [1.29, 1.82) is 0 Å². The van der Waals surface area contributed by atoms with Gasteiger partial charge in [-0.25, -0.2) is 13.5 Å². The number of nitrogens with zero attached hydrogens (tertiary/aromatic N) is 8. The maximum absolute atomic E-state index is 10.5. The van der Waals surface area contributed by atoms with Crippen LogP contribution >= 0.6 is 0 Å². The molecular formula is C18H32N10O7S. The zero-order chi connectivity index (χ0) is 25.8. The molecular weight excluding hydrogens is 500 g/mol. The Kier molecular flexibility index (Phi) is 10.9. The van der Waals surface area contributed by atoms with Crippen LogP contribution in [0.4, 0.5) is 0 Å². The maximum atomic E-state index is 10.5. The smallest absolute Gasteiger partial charge is 0.394 e. The monoisotopic (exact) mass is 532 g/mol. The summed E-state index contributed by atoms with van der Waals surface area (Å²) in [5.74, 6) is 0. The minimum atomic E-state index is -4.41. The third-order valence-electron chi connectivity index (χ3n) is 4.82. The summed E-state index contributed by atoms with van der Waals surface area (Å²) in [6.07, 6.45) is 6.38. The van der Waals surface area contributed by atoms with Crippen LogP contribution in [0, 0.1) is 0 Å². The van der Waals surface area contributed by atoms with E-state index in [4.69, 9.17) is 19.5 Å². The van der Waals surface area contributed by atoms with Crippen molar-refractivity contribution in [2.75, 3.05) is 39.5 Å². The molecule has 3 rings (SSSR count). The first kappa shape index (κ1) is 27.9. The van der Waals surface area contributed by atoms with E-state index in [1.54, 1.807) is 26.8 Å². The van der Waals surface area contributed by atoms with Gasteiger partial charge in [-0.15, -0.1) is 15.7 Å². The number of hydrogen-bond acceptors (Lipinski definition) is 14. The van der Waals surface area contributed by atoms with Gasteiger partial charge in [0.1, 0.15) is 6.73 Å². The van der Waals surface area contributed by atoms with Gasteiger partial charge in [0.05, 0.1) is 56.2 Å². The molecule has 0 unspecified atom stereocenters. The second-order valence-electron chi connectivity index (χ2n) is 7.89. The van der Waals surface area contributed by atoms with Crippen LogP contribution in [0.1, 0.15) is 24.2 Å².